The van der Waals surface area contributed by atoms with E-state index in [0.29, 0.717) is 25.0 Å². The second kappa shape index (κ2) is 5.40. The van der Waals surface area contributed by atoms with Crippen molar-refractivity contribution in [2.24, 2.45) is 5.92 Å². The molecule has 2 saturated heterocycles. The molecule has 2 rings (SSSR count). The standard InChI is InChI=1S/C13H22N4O3/c1-9-5-16(6-10(9)14(2)3)11(18)8-17-12(19)7-15(4)13(17)20/h9-10H,5-8H2,1-4H3. The van der Waals surface area contributed by atoms with Crippen LogP contribution in [0.3, 0.4) is 0 Å². The second-order valence-corrected chi connectivity index (χ2v) is 5.93. The summed E-state index contributed by atoms with van der Waals surface area (Å²) < 4.78 is 0. The van der Waals surface area contributed by atoms with Crippen molar-refractivity contribution in [1.82, 2.24) is 19.6 Å². The number of hydrogen-bond acceptors (Lipinski definition) is 4. The monoisotopic (exact) mass is 282 g/mol. The summed E-state index contributed by atoms with van der Waals surface area (Å²) in [7, 11) is 5.56. The summed E-state index contributed by atoms with van der Waals surface area (Å²) in [4.78, 5) is 41.9. The number of carbonyl (C=O) groups excluding carboxylic acids is 3. The van der Waals surface area contributed by atoms with Crippen molar-refractivity contribution in [1.29, 1.82) is 0 Å². The van der Waals surface area contributed by atoms with E-state index in [4.69, 9.17) is 0 Å². The summed E-state index contributed by atoms with van der Waals surface area (Å²) in [5, 5.41) is 0. The van der Waals surface area contributed by atoms with Crippen LogP contribution in [0.5, 0.6) is 0 Å². The van der Waals surface area contributed by atoms with Gasteiger partial charge in [-0.15, -0.1) is 0 Å². The molecule has 0 spiro atoms. The highest BCUT2D eigenvalue weighted by Crippen LogP contribution is 2.20. The average Bonchev–Trinajstić information content (AvgIpc) is 2.85. The largest absolute Gasteiger partial charge is 0.339 e. The van der Waals surface area contributed by atoms with Crippen LogP contribution in [0.15, 0.2) is 0 Å². The molecule has 0 aromatic heterocycles. The van der Waals surface area contributed by atoms with Gasteiger partial charge in [-0.05, 0) is 20.0 Å². The number of urea groups is 1. The maximum absolute atomic E-state index is 12.3. The van der Waals surface area contributed by atoms with E-state index in [0.717, 1.165) is 4.90 Å². The van der Waals surface area contributed by atoms with Crippen LogP contribution in [0.2, 0.25) is 0 Å². The van der Waals surface area contributed by atoms with Gasteiger partial charge in [0.25, 0.3) is 5.91 Å². The lowest BCUT2D eigenvalue weighted by atomic mass is 10.1. The number of carbonyl (C=O) groups is 3. The summed E-state index contributed by atoms with van der Waals surface area (Å²) in [5.74, 6) is -0.0675. The van der Waals surface area contributed by atoms with E-state index in [1.807, 2.05) is 14.1 Å². The minimum atomic E-state index is -0.389. The van der Waals surface area contributed by atoms with E-state index in [-0.39, 0.29) is 30.9 Å². The van der Waals surface area contributed by atoms with Gasteiger partial charge in [0.15, 0.2) is 0 Å². The minimum absolute atomic E-state index is 0.0584. The van der Waals surface area contributed by atoms with Crippen molar-refractivity contribution in [3.8, 4) is 0 Å². The van der Waals surface area contributed by atoms with Gasteiger partial charge in [0.1, 0.15) is 13.1 Å². The van der Waals surface area contributed by atoms with Crippen LogP contribution in [0.1, 0.15) is 6.92 Å². The van der Waals surface area contributed by atoms with Crippen molar-refractivity contribution in [3.63, 3.8) is 0 Å². The normalized spacial score (nSPS) is 27.1. The Morgan fingerprint density at radius 1 is 1.30 bits per heavy atom. The Morgan fingerprint density at radius 2 is 1.95 bits per heavy atom. The molecule has 2 heterocycles. The minimum Gasteiger partial charge on any atom is -0.339 e. The van der Waals surface area contributed by atoms with Gasteiger partial charge in [0, 0.05) is 26.2 Å². The molecule has 0 saturated carbocycles. The molecule has 2 fully saturated rings. The molecule has 112 valence electrons. The summed E-state index contributed by atoms with van der Waals surface area (Å²) >= 11 is 0. The average molecular weight is 282 g/mol. The van der Waals surface area contributed by atoms with Gasteiger partial charge in [0.2, 0.25) is 5.91 Å². The Labute approximate surface area is 119 Å². The van der Waals surface area contributed by atoms with Crippen LogP contribution in [-0.4, -0.2) is 90.8 Å². The molecule has 0 bridgehead atoms. The van der Waals surface area contributed by atoms with Gasteiger partial charge in [-0.25, -0.2) is 4.79 Å². The lowest BCUT2D eigenvalue weighted by Gasteiger charge is -2.23. The highest BCUT2D eigenvalue weighted by Gasteiger charge is 2.38. The Hall–Kier alpha value is -1.63. The molecule has 4 amide bonds. The molecule has 2 atom stereocenters. The fraction of sp³-hybridized carbons (Fsp3) is 0.769. The smallest absolute Gasteiger partial charge is 0.327 e. The molecule has 20 heavy (non-hydrogen) atoms. The van der Waals surface area contributed by atoms with Crippen molar-refractivity contribution >= 4 is 17.8 Å². The van der Waals surface area contributed by atoms with Crippen LogP contribution >= 0.6 is 0 Å². The fourth-order valence-electron chi connectivity index (χ4n) is 2.89. The van der Waals surface area contributed by atoms with E-state index in [1.54, 1.807) is 11.9 Å². The lowest BCUT2D eigenvalue weighted by Crippen LogP contribution is -2.43. The first-order valence-corrected chi connectivity index (χ1v) is 6.81. The molecule has 2 aliphatic rings. The van der Waals surface area contributed by atoms with Crippen LogP contribution in [0.4, 0.5) is 4.79 Å². The predicted molar refractivity (Wildman–Crippen MR) is 73.0 cm³/mol. The third-order valence-corrected chi connectivity index (χ3v) is 4.11. The number of rotatable bonds is 3. The first-order chi connectivity index (χ1) is 9.31. The van der Waals surface area contributed by atoms with Crippen molar-refractivity contribution in [2.75, 3.05) is 47.3 Å². The van der Waals surface area contributed by atoms with Gasteiger partial charge in [-0.1, -0.05) is 6.92 Å². The fourth-order valence-corrected chi connectivity index (χ4v) is 2.89. The number of amides is 4. The molecule has 2 aliphatic heterocycles. The molecule has 2 unspecified atom stereocenters. The zero-order chi connectivity index (χ0) is 15.0. The third-order valence-electron chi connectivity index (χ3n) is 4.11. The van der Waals surface area contributed by atoms with E-state index in [9.17, 15) is 14.4 Å². The molecule has 0 aromatic rings. The highest BCUT2D eigenvalue weighted by atomic mass is 16.2. The van der Waals surface area contributed by atoms with E-state index >= 15 is 0 Å². The van der Waals surface area contributed by atoms with Crippen molar-refractivity contribution in [3.05, 3.63) is 0 Å². The zero-order valence-electron chi connectivity index (χ0n) is 12.5. The summed E-state index contributed by atoms with van der Waals surface area (Å²) in [6.45, 7) is 3.35. The molecule has 0 aromatic carbocycles. The van der Waals surface area contributed by atoms with Crippen LogP contribution in [0.25, 0.3) is 0 Å². The predicted octanol–water partition coefficient (Wildman–Crippen LogP) is -0.711. The maximum atomic E-state index is 12.3. The SMILES string of the molecule is CC1CN(C(=O)CN2C(=O)CN(C)C2=O)CC1N(C)C. The zero-order valence-corrected chi connectivity index (χ0v) is 12.5. The maximum Gasteiger partial charge on any atom is 0.327 e. The van der Waals surface area contributed by atoms with E-state index < -0.39 is 0 Å². The molecular formula is C13H22N4O3. The Balaban J connectivity index is 1.97. The molecular weight excluding hydrogens is 260 g/mol. The number of likely N-dealkylation sites (N-methyl/N-ethyl adjacent to an activating group) is 2. The van der Waals surface area contributed by atoms with Crippen molar-refractivity contribution < 1.29 is 14.4 Å². The quantitative estimate of drug-likeness (QED) is 0.641. The second-order valence-electron chi connectivity index (χ2n) is 5.93. The number of imide groups is 1. The summed E-state index contributed by atoms with van der Waals surface area (Å²) in [6, 6.07) is -0.0636. The Kier molecular flexibility index (Phi) is 3.99. The van der Waals surface area contributed by atoms with Gasteiger partial charge in [-0.2, -0.15) is 0 Å². The highest BCUT2D eigenvalue weighted by molar-refractivity contribution is 6.04. The summed E-state index contributed by atoms with van der Waals surface area (Å²) in [6.07, 6.45) is 0. The molecule has 7 nitrogen and oxygen atoms in total. The van der Waals surface area contributed by atoms with Gasteiger partial charge in [0.05, 0.1) is 0 Å². The Morgan fingerprint density at radius 3 is 2.40 bits per heavy atom. The van der Waals surface area contributed by atoms with Crippen LogP contribution in [-0.2, 0) is 9.59 Å². The van der Waals surface area contributed by atoms with E-state index in [1.165, 1.54) is 4.90 Å². The van der Waals surface area contributed by atoms with Crippen molar-refractivity contribution in [2.45, 2.75) is 13.0 Å². The lowest BCUT2D eigenvalue weighted by molar-refractivity contribution is -0.135. The van der Waals surface area contributed by atoms with Gasteiger partial charge >= 0.3 is 6.03 Å². The van der Waals surface area contributed by atoms with Crippen LogP contribution < -0.4 is 0 Å². The van der Waals surface area contributed by atoms with Gasteiger partial charge < -0.3 is 14.7 Å². The molecule has 0 radical (unpaired) electrons. The number of hydrogen-bond donors (Lipinski definition) is 0. The van der Waals surface area contributed by atoms with E-state index in [2.05, 4.69) is 11.8 Å². The third kappa shape index (κ3) is 2.63. The van der Waals surface area contributed by atoms with Crippen LogP contribution in [0, 0.1) is 5.92 Å². The van der Waals surface area contributed by atoms with Gasteiger partial charge in [-0.3, -0.25) is 14.5 Å². The molecule has 7 heteroatoms. The summed E-state index contributed by atoms with van der Waals surface area (Å²) in [5.41, 5.74) is 0. The first-order valence-electron chi connectivity index (χ1n) is 6.81. The molecule has 0 aliphatic carbocycles. The number of nitrogens with zero attached hydrogens (tertiary/aromatic N) is 4. The Bertz CT molecular complexity index is 437. The first kappa shape index (κ1) is 14.8. The number of likely N-dealkylation sites (tertiary alicyclic amines) is 1. The molecule has 0 N–H and O–H groups in total. The topological polar surface area (TPSA) is 64.2 Å².